The number of nitrogens with two attached hydrogens (primary N) is 1. The molecule has 0 saturated carbocycles. The van der Waals surface area contributed by atoms with Crippen molar-refractivity contribution in [3.63, 3.8) is 0 Å². The first-order valence-electron chi connectivity index (χ1n) is 6.52. The van der Waals surface area contributed by atoms with Gasteiger partial charge in [0.15, 0.2) is 0 Å². The quantitative estimate of drug-likeness (QED) is 0.870. The molecule has 1 aromatic heterocycles. The molecule has 0 unspecified atom stereocenters. The van der Waals surface area contributed by atoms with Gasteiger partial charge in [-0.05, 0) is 44.0 Å². The molecule has 6 nitrogen and oxygen atoms in total. The molecule has 7 heteroatoms. The van der Waals surface area contributed by atoms with Crippen LogP contribution >= 0.6 is 0 Å². The standard InChI is InChI=1S/C14H18N4O2S/c1-10-9-11(2)18-14(17-10)16-8-7-12-3-5-13(6-4-12)21(15,19)20/h3-6,9H,7-8H2,1-2H3,(H2,15,19,20)(H,16,17,18). The van der Waals surface area contributed by atoms with E-state index >= 15 is 0 Å². The van der Waals surface area contributed by atoms with Crippen molar-refractivity contribution in [2.24, 2.45) is 5.14 Å². The van der Waals surface area contributed by atoms with Gasteiger partial charge in [0.05, 0.1) is 4.90 Å². The van der Waals surface area contributed by atoms with E-state index in [1.165, 1.54) is 12.1 Å². The predicted molar refractivity (Wildman–Crippen MR) is 81.5 cm³/mol. The van der Waals surface area contributed by atoms with Gasteiger partial charge in [-0.15, -0.1) is 0 Å². The Morgan fingerprint density at radius 3 is 2.19 bits per heavy atom. The number of anilines is 1. The molecule has 0 radical (unpaired) electrons. The van der Waals surface area contributed by atoms with E-state index < -0.39 is 10.0 Å². The first-order chi connectivity index (χ1) is 9.84. The van der Waals surface area contributed by atoms with E-state index in [2.05, 4.69) is 15.3 Å². The molecule has 3 N–H and O–H groups in total. The third-order valence-electron chi connectivity index (χ3n) is 2.93. The zero-order valence-corrected chi connectivity index (χ0v) is 12.8. The Bertz CT molecular complexity index is 707. The maximum Gasteiger partial charge on any atom is 0.238 e. The highest BCUT2D eigenvalue weighted by Gasteiger charge is 2.06. The molecule has 1 aromatic carbocycles. The fourth-order valence-electron chi connectivity index (χ4n) is 1.97. The molecular formula is C14H18N4O2S. The Labute approximate surface area is 124 Å². The molecule has 2 aromatic rings. The van der Waals surface area contributed by atoms with Crippen molar-refractivity contribution in [2.75, 3.05) is 11.9 Å². The second-order valence-electron chi connectivity index (χ2n) is 4.84. The fraction of sp³-hybridized carbons (Fsp3) is 0.286. The van der Waals surface area contributed by atoms with Crippen LogP contribution in [-0.2, 0) is 16.4 Å². The van der Waals surface area contributed by atoms with Crippen molar-refractivity contribution in [1.82, 2.24) is 9.97 Å². The molecule has 0 amide bonds. The van der Waals surface area contributed by atoms with E-state index in [1.54, 1.807) is 12.1 Å². The fourth-order valence-corrected chi connectivity index (χ4v) is 2.48. The number of nitrogens with one attached hydrogen (secondary N) is 1. The van der Waals surface area contributed by atoms with Crippen LogP contribution in [0.2, 0.25) is 0 Å². The Kier molecular flexibility index (Phi) is 4.54. The summed E-state index contributed by atoms with van der Waals surface area (Å²) in [6, 6.07) is 8.45. The van der Waals surface area contributed by atoms with Crippen LogP contribution in [0, 0.1) is 13.8 Å². The number of rotatable bonds is 5. The van der Waals surface area contributed by atoms with Gasteiger partial charge in [0.1, 0.15) is 0 Å². The van der Waals surface area contributed by atoms with Crippen LogP contribution in [0.4, 0.5) is 5.95 Å². The molecule has 0 atom stereocenters. The van der Waals surface area contributed by atoms with E-state index in [0.29, 0.717) is 12.5 Å². The smallest absolute Gasteiger partial charge is 0.238 e. The van der Waals surface area contributed by atoms with Gasteiger partial charge < -0.3 is 5.32 Å². The molecular weight excluding hydrogens is 288 g/mol. The number of sulfonamides is 1. The summed E-state index contributed by atoms with van der Waals surface area (Å²) in [5.41, 5.74) is 2.85. The van der Waals surface area contributed by atoms with Crippen LogP contribution in [0.15, 0.2) is 35.2 Å². The third-order valence-corrected chi connectivity index (χ3v) is 3.86. The molecule has 112 valence electrons. The van der Waals surface area contributed by atoms with Crippen LogP contribution < -0.4 is 10.5 Å². The van der Waals surface area contributed by atoms with Gasteiger partial charge in [-0.3, -0.25) is 0 Å². The topological polar surface area (TPSA) is 98.0 Å². The summed E-state index contributed by atoms with van der Waals surface area (Å²) in [6.07, 6.45) is 0.737. The maximum atomic E-state index is 11.2. The predicted octanol–water partition coefficient (Wildman–Crippen LogP) is 1.40. The average Bonchev–Trinajstić information content (AvgIpc) is 2.37. The summed E-state index contributed by atoms with van der Waals surface area (Å²) >= 11 is 0. The minimum Gasteiger partial charge on any atom is -0.354 e. The van der Waals surface area contributed by atoms with Crippen molar-refractivity contribution in [3.05, 3.63) is 47.3 Å². The highest BCUT2D eigenvalue weighted by atomic mass is 32.2. The van der Waals surface area contributed by atoms with Gasteiger partial charge in [0.2, 0.25) is 16.0 Å². The van der Waals surface area contributed by atoms with Gasteiger partial charge in [0, 0.05) is 17.9 Å². The minimum absolute atomic E-state index is 0.122. The second-order valence-corrected chi connectivity index (χ2v) is 6.40. The highest BCUT2D eigenvalue weighted by molar-refractivity contribution is 7.89. The van der Waals surface area contributed by atoms with Crippen LogP contribution in [0.25, 0.3) is 0 Å². The van der Waals surface area contributed by atoms with Crippen LogP contribution in [-0.4, -0.2) is 24.9 Å². The van der Waals surface area contributed by atoms with E-state index in [0.717, 1.165) is 23.4 Å². The lowest BCUT2D eigenvalue weighted by molar-refractivity contribution is 0.598. The lowest BCUT2D eigenvalue weighted by atomic mass is 10.1. The lowest BCUT2D eigenvalue weighted by Crippen LogP contribution is -2.12. The number of primary sulfonamides is 1. The first kappa shape index (κ1) is 15.4. The molecule has 0 saturated heterocycles. The molecule has 0 aliphatic carbocycles. The summed E-state index contributed by atoms with van der Waals surface area (Å²) < 4.78 is 22.3. The third kappa shape index (κ3) is 4.51. The highest BCUT2D eigenvalue weighted by Crippen LogP contribution is 2.10. The second kappa shape index (κ2) is 6.19. The molecule has 0 spiro atoms. The molecule has 0 aliphatic heterocycles. The first-order valence-corrected chi connectivity index (χ1v) is 8.07. The molecule has 0 fully saturated rings. The van der Waals surface area contributed by atoms with Crippen molar-refractivity contribution < 1.29 is 8.42 Å². The number of aromatic nitrogens is 2. The Morgan fingerprint density at radius 2 is 1.67 bits per heavy atom. The van der Waals surface area contributed by atoms with Crippen molar-refractivity contribution in [2.45, 2.75) is 25.2 Å². The summed E-state index contributed by atoms with van der Waals surface area (Å²) in [4.78, 5) is 8.71. The Balaban J connectivity index is 1.94. The number of aryl methyl sites for hydroxylation is 2. The monoisotopic (exact) mass is 306 g/mol. The van der Waals surface area contributed by atoms with Gasteiger partial charge >= 0.3 is 0 Å². The Morgan fingerprint density at radius 1 is 1.10 bits per heavy atom. The van der Waals surface area contributed by atoms with E-state index in [1.807, 2.05) is 19.9 Å². The summed E-state index contributed by atoms with van der Waals surface area (Å²) in [6.45, 7) is 4.51. The molecule has 0 bridgehead atoms. The summed E-state index contributed by atoms with van der Waals surface area (Å²) in [5, 5.41) is 8.21. The van der Waals surface area contributed by atoms with Crippen LogP contribution in [0.5, 0.6) is 0 Å². The van der Waals surface area contributed by atoms with Crippen molar-refractivity contribution >= 4 is 16.0 Å². The maximum absolute atomic E-state index is 11.2. The summed E-state index contributed by atoms with van der Waals surface area (Å²) in [7, 11) is -3.63. The van der Waals surface area contributed by atoms with Crippen molar-refractivity contribution in [1.29, 1.82) is 0 Å². The molecule has 1 heterocycles. The normalized spacial score (nSPS) is 11.4. The number of hydrogen-bond acceptors (Lipinski definition) is 5. The molecule has 0 aliphatic rings. The SMILES string of the molecule is Cc1cc(C)nc(NCCc2ccc(S(N)(=O)=O)cc2)n1. The Hall–Kier alpha value is -1.99. The number of hydrogen-bond donors (Lipinski definition) is 2. The lowest BCUT2D eigenvalue weighted by Gasteiger charge is -2.07. The molecule has 21 heavy (non-hydrogen) atoms. The number of nitrogens with zero attached hydrogens (tertiary/aromatic N) is 2. The van der Waals surface area contributed by atoms with Gasteiger partial charge in [0.25, 0.3) is 0 Å². The van der Waals surface area contributed by atoms with E-state index in [-0.39, 0.29) is 4.90 Å². The zero-order valence-electron chi connectivity index (χ0n) is 12.0. The van der Waals surface area contributed by atoms with E-state index in [4.69, 9.17) is 5.14 Å². The molecule has 2 rings (SSSR count). The van der Waals surface area contributed by atoms with Crippen LogP contribution in [0.1, 0.15) is 17.0 Å². The van der Waals surface area contributed by atoms with Gasteiger partial charge in [-0.1, -0.05) is 12.1 Å². The van der Waals surface area contributed by atoms with Crippen LogP contribution in [0.3, 0.4) is 0 Å². The minimum atomic E-state index is -3.63. The van der Waals surface area contributed by atoms with Crippen molar-refractivity contribution in [3.8, 4) is 0 Å². The zero-order chi connectivity index (χ0) is 15.5. The number of benzene rings is 1. The van der Waals surface area contributed by atoms with Gasteiger partial charge in [-0.2, -0.15) is 0 Å². The van der Waals surface area contributed by atoms with E-state index in [9.17, 15) is 8.42 Å². The largest absolute Gasteiger partial charge is 0.354 e. The van der Waals surface area contributed by atoms with Gasteiger partial charge in [-0.25, -0.2) is 23.5 Å². The average molecular weight is 306 g/mol. The summed E-state index contributed by atoms with van der Waals surface area (Å²) in [5.74, 6) is 0.605.